The second kappa shape index (κ2) is 8.89. The van der Waals surface area contributed by atoms with Crippen molar-refractivity contribution in [1.82, 2.24) is 24.5 Å². The Hall–Kier alpha value is -3.01. The van der Waals surface area contributed by atoms with Crippen molar-refractivity contribution in [3.63, 3.8) is 0 Å². The Morgan fingerprint density at radius 2 is 1.83 bits per heavy atom. The van der Waals surface area contributed by atoms with Crippen molar-refractivity contribution < 1.29 is 14.3 Å². The van der Waals surface area contributed by atoms with E-state index >= 15 is 0 Å². The van der Waals surface area contributed by atoms with Crippen molar-refractivity contribution in [2.75, 3.05) is 26.3 Å². The van der Waals surface area contributed by atoms with Crippen molar-refractivity contribution in [2.45, 2.75) is 42.9 Å². The molecule has 2 aliphatic rings. The highest BCUT2D eigenvalue weighted by molar-refractivity contribution is 8.00. The number of piperidine rings is 1. The summed E-state index contributed by atoms with van der Waals surface area (Å²) in [7, 11) is 0. The zero-order valence-electron chi connectivity index (χ0n) is 19.8. The zero-order chi connectivity index (χ0) is 24.0. The van der Waals surface area contributed by atoms with E-state index < -0.39 is 5.79 Å². The maximum absolute atomic E-state index is 13.3. The lowest BCUT2D eigenvalue weighted by molar-refractivity contribution is -0.187. The number of fused-ring (bicyclic) bond motifs is 3. The van der Waals surface area contributed by atoms with Crippen LogP contribution < -0.4 is 0 Å². The number of hydrogen-bond donors (Lipinski definition) is 0. The molecule has 0 aliphatic carbocycles. The lowest BCUT2D eigenvalue weighted by atomic mass is 10.0. The number of aryl methyl sites for hydroxylation is 1. The molecular formula is C26H27N5O3S. The molecular weight excluding hydrogens is 462 g/mol. The van der Waals surface area contributed by atoms with Crippen LogP contribution in [0, 0.1) is 6.92 Å². The van der Waals surface area contributed by atoms with Crippen LogP contribution in [-0.4, -0.2) is 67.7 Å². The smallest absolute Gasteiger partial charge is 0.235 e. The number of para-hydroxylation sites is 1. The van der Waals surface area contributed by atoms with E-state index in [-0.39, 0.29) is 11.2 Å². The Bertz CT molecular complexity index is 1400. The first-order valence-electron chi connectivity index (χ1n) is 12.0. The van der Waals surface area contributed by atoms with Gasteiger partial charge in [0, 0.05) is 36.9 Å². The van der Waals surface area contributed by atoms with E-state index in [2.05, 4.69) is 29.3 Å². The van der Waals surface area contributed by atoms with Gasteiger partial charge in [-0.05, 0) is 32.0 Å². The Morgan fingerprint density at radius 3 is 2.60 bits per heavy atom. The van der Waals surface area contributed by atoms with Crippen LogP contribution in [-0.2, 0) is 14.3 Å². The van der Waals surface area contributed by atoms with Gasteiger partial charge in [0.2, 0.25) is 5.91 Å². The third-order valence-corrected chi connectivity index (χ3v) is 7.80. The van der Waals surface area contributed by atoms with E-state index in [1.807, 2.05) is 52.6 Å². The summed E-state index contributed by atoms with van der Waals surface area (Å²) in [6.45, 7) is 6.52. The number of ether oxygens (including phenoxy) is 2. The number of benzene rings is 2. The van der Waals surface area contributed by atoms with Gasteiger partial charge in [0.25, 0.3) is 0 Å². The van der Waals surface area contributed by atoms with E-state index in [0.717, 1.165) is 33.5 Å². The molecule has 2 fully saturated rings. The number of nitrogens with zero attached hydrogens (tertiary/aromatic N) is 5. The molecule has 2 aromatic carbocycles. The topological polar surface area (TPSA) is 81.9 Å². The average molecular weight is 490 g/mol. The minimum absolute atomic E-state index is 0.0884. The number of carbonyl (C=O) groups excluding carboxylic acids is 1. The fourth-order valence-corrected chi connectivity index (χ4v) is 5.87. The molecule has 1 amide bonds. The van der Waals surface area contributed by atoms with Crippen LogP contribution >= 0.6 is 11.8 Å². The summed E-state index contributed by atoms with van der Waals surface area (Å²) >= 11 is 1.42. The molecule has 2 saturated heterocycles. The van der Waals surface area contributed by atoms with Gasteiger partial charge in [-0.2, -0.15) is 0 Å². The summed E-state index contributed by atoms with van der Waals surface area (Å²) in [6.07, 6.45) is 1.41. The molecule has 6 rings (SSSR count). The number of hydrogen-bond acceptors (Lipinski definition) is 7. The summed E-state index contributed by atoms with van der Waals surface area (Å²) in [6, 6.07) is 16.2. The third-order valence-electron chi connectivity index (χ3n) is 6.77. The van der Waals surface area contributed by atoms with Crippen LogP contribution in [0.15, 0.2) is 53.7 Å². The molecule has 0 bridgehead atoms. The molecule has 0 N–H and O–H groups in total. The molecule has 1 atom stereocenters. The average Bonchev–Trinajstić information content (AvgIpc) is 3.51. The molecule has 2 aromatic heterocycles. The number of aromatic nitrogens is 4. The van der Waals surface area contributed by atoms with Crippen molar-refractivity contribution in [2.24, 2.45) is 0 Å². The molecule has 2 aliphatic heterocycles. The second-order valence-corrected chi connectivity index (χ2v) is 10.5. The quantitative estimate of drug-likeness (QED) is 0.399. The van der Waals surface area contributed by atoms with E-state index in [1.54, 1.807) is 0 Å². The second-order valence-electron chi connectivity index (χ2n) is 9.16. The number of likely N-dealkylation sites (tertiary alicyclic amines) is 1. The predicted octanol–water partition coefficient (Wildman–Crippen LogP) is 4.10. The summed E-state index contributed by atoms with van der Waals surface area (Å²) in [5.41, 5.74) is 3.74. The fourth-order valence-electron chi connectivity index (χ4n) is 4.93. The molecule has 180 valence electrons. The highest BCUT2D eigenvalue weighted by atomic mass is 32.2. The maximum atomic E-state index is 13.3. The minimum atomic E-state index is -0.494. The monoisotopic (exact) mass is 489 g/mol. The van der Waals surface area contributed by atoms with Crippen LogP contribution in [0.3, 0.4) is 0 Å². The Labute approximate surface area is 207 Å². The van der Waals surface area contributed by atoms with E-state index in [1.165, 1.54) is 11.8 Å². The van der Waals surface area contributed by atoms with Gasteiger partial charge in [0.1, 0.15) is 5.82 Å². The lowest BCUT2D eigenvalue weighted by Gasteiger charge is -2.38. The summed E-state index contributed by atoms with van der Waals surface area (Å²) in [5, 5.41) is 10.3. The SMILES string of the molecule is Cc1cccc(-c2nc3ccccc3c3nnc(S[C@H](C)C(=O)N4CCC5(CC4)OCCO5)n23)c1. The van der Waals surface area contributed by atoms with Gasteiger partial charge < -0.3 is 14.4 Å². The molecule has 0 saturated carbocycles. The van der Waals surface area contributed by atoms with Crippen molar-refractivity contribution in [1.29, 1.82) is 0 Å². The highest BCUT2D eigenvalue weighted by Crippen LogP contribution is 2.34. The van der Waals surface area contributed by atoms with Crippen molar-refractivity contribution in [3.8, 4) is 11.4 Å². The first-order chi connectivity index (χ1) is 17.0. The van der Waals surface area contributed by atoms with Crippen molar-refractivity contribution in [3.05, 3.63) is 54.1 Å². The number of thioether (sulfide) groups is 1. The van der Waals surface area contributed by atoms with Crippen molar-refractivity contribution >= 4 is 34.2 Å². The molecule has 0 unspecified atom stereocenters. The number of amides is 1. The molecule has 8 nitrogen and oxygen atoms in total. The van der Waals surface area contributed by atoms with Gasteiger partial charge in [0.15, 0.2) is 16.6 Å². The molecule has 9 heteroatoms. The molecule has 0 radical (unpaired) electrons. The third kappa shape index (κ3) is 4.07. The Kier molecular flexibility index (Phi) is 5.70. The van der Waals surface area contributed by atoms with E-state index in [9.17, 15) is 4.79 Å². The largest absolute Gasteiger partial charge is 0.347 e. The van der Waals surface area contributed by atoms with Gasteiger partial charge in [-0.15, -0.1) is 10.2 Å². The van der Waals surface area contributed by atoms with Gasteiger partial charge in [-0.25, -0.2) is 4.98 Å². The van der Waals surface area contributed by atoms with Crippen LogP contribution in [0.4, 0.5) is 0 Å². The summed E-state index contributed by atoms with van der Waals surface area (Å²) in [4.78, 5) is 20.2. The van der Waals surface area contributed by atoms with Gasteiger partial charge >= 0.3 is 0 Å². The molecule has 4 aromatic rings. The first kappa shape index (κ1) is 22.5. The number of rotatable bonds is 4. The lowest BCUT2D eigenvalue weighted by Crippen LogP contribution is -2.49. The Balaban J connectivity index is 1.32. The minimum Gasteiger partial charge on any atom is -0.347 e. The predicted molar refractivity (Wildman–Crippen MR) is 134 cm³/mol. The van der Waals surface area contributed by atoms with Gasteiger partial charge in [-0.1, -0.05) is 47.7 Å². The normalized spacial score (nSPS) is 18.5. The maximum Gasteiger partial charge on any atom is 0.235 e. The van der Waals surface area contributed by atoms with Crippen LogP contribution in [0.2, 0.25) is 0 Å². The number of carbonyl (C=O) groups is 1. The highest BCUT2D eigenvalue weighted by Gasteiger charge is 2.41. The standard InChI is InChI=1S/C26H27N5O3S/c1-17-6-5-7-19(16-17)22-27-21-9-4-3-8-20(21)23-28-29-25(31(22)23)35-18(2)24(32)30-12-10-26(11-13-30)33-14-15-34-26/h3-9,16,18H,10-15H2,1-2H3/t18-/m1/s1. The van der Waals surface area contributed by atoms with E-state index in [4.69, 9.17) is 14.5 Å². The van der Waals surface area contributed by atoms with Crippen LogP contribution in [0.25, 0.3) is 27.9 Å². The van der Waals surface area contributed by atoms with Crippen LogP contribution in [0.1, 0.15) is 25.3 Å². The molecule has 35 heavy (non-hydrogen) atoms. The fraction of sp³-hybridized carbons (Fsp3) is 0.385. The summed E-state index contributed by atoms with van der Waals surface area (Å²) in [5.74, 6) is 0.363. The van der Waals surface area contributed by atoms with Crippen LogP contribution in [0.5, 0.6) is 0 Å². The summed E-state index contributed by atoms with van der Waals surface area (Å²) < 4.78 is 13.6. The molecule has 1 spiro atoms. The molecule has 4 heterocycles. The van der Waals surface area contributed by atoms with Gasteiger partial charge in [0.05, 0.1) is 24.0 Å². The first-order valence-corrected chi connectivity index (χ1v) is 12.9. The van der Waals surface area contributed by atoms with E-state index in [0.29, 0.717) is 44.3 Å². The zero-order valence-corrected chi connectivity index (χ0v) is 20.6. The Morgan fingerprint density at radius 1 is 1.06 bits per heavy atom. The van der Waals surface area contributed by atoms with Gasteiger partial charge in [-0.3, -0.25) is 9.20 Å².